The Labute approximate surface area is 325 Å². The van der Waals surface area contributed by atoms with Crippen molar-refractivity contribution in [3.63, 3.8) is 0 Å². The fraction of sp³-hybridized carbons (Fsp3) is 0.163. The van der Waals surface area contributed by atoms with Crippen LogP contribution in [0.3, 0.4) is 0 Å². The molecule has 0 spiro atoms. The van der Waals surface area contributed by atoms with Crippen LogP contribution in [0.25, 0.3) is 0 Å². The maximum absolute atomic E-state index is 3.64. The van der Waals surface area contributed by atoms with E-state index in [9.17, 15) is 0 Å². The van der Waals surface area contributed by atoms with E-state index in [0.29, 0.717) is 0 Å². The fourth-order valence-electron chi connectivity index (χ4n) is 7.06. The van der Waals surface area contributed by atoms with Crippen LogP contribution < -0.4 is 37.1 Å². The van der Waals surface area contributed by atoms with Crippen LogP contribution in [0.1, 0.15) is 12.8 Å². The second kappa shape index (κ2) is 21.7. The summed E-state index contributed by atoms with van der Waals surface area (Å²) in [4.78, 5) is 0. The standard InChI is InChI=1S/C22H26NP.C21H22BrP.2BrH/c1-23-18-11-19-24(20-12-5-2-6-13-20,21-14-7-3-8-15-21)22-16-9-4-10-17-22;22-17-10-18-23(19-11-4-1-5-12-19,20-13-6-2-7-14-20)21-15-8-3-9-16-21;;/h2-10,12-17,23-24H,11,18-19H2,1H3;1-9,11-16,23H,10,17-18H2;2*1H. The van der Waals surface area contributed by atoms with E-state index in [1.54, 1.807) is 0 Å². The average molecular weight is 883 g/mol. The molecular formula is C43H50Br3NP2. The second-order valence-electron chi connectivity index (χ2n) is 12.0. The monoisotopic (exact) mass is 879 g/mol. The number of alkyl halides is 1. The quantitative estimate of drug-likeness (QED) is 0.0695. The first-order valence-corrected chi connectivity index (χ1v) is 22.3. The van der Waals surface area contributed by atoms with E-state index in [-0.39, 0.29) is 34.0 Å². The molecule has 0 amide bonds. The van der Waals surface area contributed by atoms with Crippen LogP contribution in [0.4, 0.5) is 0 Å². The minimum absolute atomic E-state index is 0. The van der Waals surface area contributed by atoms with Gasteiger partial charge in [-0.3, -0.25) is 0 Å². The first kappa shape index (κ1) is 41.0. The van der Waals surface area contributed by atoms with E-state index >= 15 is 0 Å². The summed E-state index contributed by atoms with van der Waals surface area (Å²) in [6, 6.07) is 66.7. The second-order valence-corrected chi connectivity index (χ2v) is 20.9. The summed E-state index contributed by atoms with van der Waals surface area (Å²) < 4.78 is 0. The number of hydrogen-bond acceptors (Lipinski definition) is 1. The molecular weight excluding hydrogens is 832 g/mol. The summed E-state index contributed by atoms with van der Waals surface area (Å²) in [5.74, 6) is 0. The molecule has 0 radical (unpaired) electrons. The third-order valence-corrected chi connectivity index (χ3v) is 19.9. The van der Waals surface area contributed by atoms with Crippen molar-refractivity contribution in [1.29, 1.82) is 0 Å². The van der Waals surface area contributed by atoms with Crippen molar-refractivity contribution in [3.8, 4) is 0 Å². The topological polar surface area (TPSA) is 12.0 Å². The Bertz CT molecular complexity index is 1520. The Morgan fingerprint density at radius 2 is 0.612 bits per heavy atom. The molecule has 6 aromatic rings. The molecule has 0 aliphatic rings. The van der Waals surface area contributed by atoms with Gasteiger partial charge in [-0.2, -0.15) is 0 Å². The fourth-order valence-corrected chi connectivity index (χ4v) is 17.6. The summed E-state index contributed by atoms with van der Waals surface area (Å²) >= 11 is 3.64. The first-order valence-electron chi connectivity index (χ1n) is 16.8. The number of hydrogen-bond donors (Lipinski definition) is 1. The number of rotatable bonds is 13. The zero-order valence-electron chi connectivity index (χ0n) is 28.3. The SMILES string of the molecule is Br.Br.BrCCC[PH](c1ccccc1)(c1ccccc1)c1ccccc1.CNCCC[PH](c1ccccc1)(c1ccccc1)c1ccccc1. The molecule has 0 saturated carbocycles. The van der Waals surface area contributed by atoms with Crippen LogP contribution in [-0.4, -0.2) is 31.2 Å². The molecule has 0 aliphatic carbocycles. The van der Waals surface area contributed by atoms with Gasteiger partial charge in [0.05, 0.1) is 0 Å². The molecule has 0 aliphatic heterocycles. The van der Waals surface area contributed by atoms with Crippen LogP contribution in [0.2, 0.25) is 0 Å². The number of halogens is 3. The van der Waals surface area contributed by atoms with Crippen molar-refractivity contribution in [1.82, 2.24) is 5.32 Å². The molecule has 6 heteroatoms. The minimum atomic E-state index is -2.00. The molecule has 6 aromatic carbocycles. The van der Waals surface area contributed by atoms with Gasteiger partial charge in [0.25, 0.3) is 0 Å². The molecule has 0 fully saturated rings. The predicted molar refractivity (Wildman–Crippen MR) is 240 cm³/mol. The van der Waals surface area contributed by atoms with Crippen LogP contribution in [0.15, 0.2) is 182 Å². The van der Waals surface area contributed by atoms with Crippen molar-refractivity contribution < 1.29 is 0 Å². The number of nitrogens with one attached hydrogen (secondary N) is 1. The van der Waals surface area contributed by atoms with E-state index in [1.807, 2.05) is 7.05 Å². The Kier molecular flexibility index (Phi) is 18.2. The van der Waals surface area contributed by atoms with Crippen molar-refractivity contribution in [2.45, 2.75) is 12.8 Å². The van der Waals surface area contributed by atoms with E-state index < -0.39 is 14.5 Å². The van der Waals surface area contributed by atoms with Gasteiger partial charge < -0.3 is 0 Å². The molecule has 0 heterocycles. The molecule has 1 N–H and O–H groups in total. The Balaban J connectivity index is 0.000000255. The molecule has 49 heavy (non-hydrogen) atoms. The zero-order chi connectivity index (χ0) is 32.6. The van der Waals surface area contributed by atoms with Crippen molar-refractivity contribution in [2.75, 3.05) is 31.2 Å². The van der Waals surface area contributed by atoms with Crippen molar-refractivity contribution in [2.24, 2.45) is 0 Å². The van der Waals surface area contributed by atoms with E-state index in [2.05, 4.69) is 203 Å². The van der Waals surface area contributed by atoms with Gasteiger partial charge in [-0.05, 0) is 0 Å². The van der Waals surface area contributed by atoms with Crippen molar-refractivity contribution >= 4 is 96.2 Å². The van der Waals surface area contributed by atoms with Gasteiger partial charge in [0.1, 0.15) is 0 Å². The molecule has 0 bridgehead atoms. The van der Waals surface area contributed by atoms with Gasteiger partial charge in [-0.15, -0.1) is 34.0 Å². The molecule has 0 atom stereocenters. The summed E-state index contributed by atoms with van der Waals surface area (Å²) in [5.41, 5.74) is 0. The summed E-state index contributed by atoms with van der Waals surface area (Å²) in [6.45, 7) is 1.06. The summed E-state index contributed by atoms with van der Waals surface area (Å²) in [5, 5.41) is 13.4. The molecule has 0 saturated heterocycles. The van der Waals surface area contributed by atoms with E-state index in [4.69, 9.17) is 0 Å². The molecule has 1 nitrogen and oxygen atoms in total. The van der Waals surface area contributed by atoms with E-state index in [1.165, 1.54) is 57.0 Å². The summed E-state index contributed by atoms with van der Waals surface area (Å²) in [6.07, 6.45) is 4.80. The van der Waals surface area contributed by atoms with Gasteiger partial charge in [0.15, 0.2) is 0 Å². The normalized spacial score (nSPS) is 11.6. The average Bonchev–Trinajstić information content (AvgIpc) is 3.16. The van der Waals surface area contributed by atoms with Crippen LogP contribution in [0, 0.1) is 0 Å². The Morgan fingerprint density at radius 3 is 0.816 bits per heavy atom. The zero-order valence-corrected chi connectivity index (χ0v) is 35.3. The van der Waals surface area contributed by atoms with Crippen LogP contribution in [-0.2, 0) is 0 Å². The molecule has 0 unspecified atom stereocenters. The molecule has 6 rings (SSSR count). The van der Waals surface area contributed by atoms with Gasteiger partial charge in [0, 0.05) is 0 Å². The number of benzene rings is 6. The van der Waals surface area contributed by atoms with Crippen molar-refractivity contribution in [3.05, 3.63) is 182 Å². The predicted octanol–water partition coefficient (Wildman–Crippen LogP) is 8.98. The third kappa shape index (κ3) is 10.1. The van der Waals surface area contributed by atoms with Gasteiger partial charge in [-0.25, -0.2) is 0 Å². The van der Waals surface area contributed by atoms with Gasteiger partial charge in [0.2, 0.25) is 0 Å². The first-order chi connectivity index (χ1) is 23.3. The van der Waals surface area contributed by atoms with Crippen LogP contribution >= 0.6 is 64.4 Å². The third-order valence-electron chi connectivity index (χ3n) is 9.26. The van der Waals surface area contributed by atoms with E-state index in [0.717, 1.165) is 11.9 Å². The van der Waals surface area contributed by atoms with Gasteiger partial charge >= 0.3 is 294 Å². The Morgan fingerprint density at radius 1 is 0.388 bits per heavy atom. The Hall–Kier alpha value is -2.42. The van der Waals surface area contributed by atoms with Crippen LogP contribution in [0.5, 0.6) is 0 Å². The molecule has 0 aromatic heterocycles. The molecule has 258 valence electrons. The maximum atomic E-state index is 3.64. The summed E-state index contributed by atoms with van der Waals surface area (Å²) in [7, 11) is -1.94. The van der Waals surface area contributed by atoms with Gasteiger partial charge in [-0.1, -0.05) is 0 Å².